The van der Waals surface area contributed by atoms with Crippen LogP contribution >= 0.6 is 0 Å². The molecule has 3 nitrogen and oxygen atoms in total. The van der Waals surface area contributed by atoms with E-state index >= 15 is 0 Å². The van der Waals surface area contributed by atoms with Gasteiger partial charge in [0.1, 0.15) is 5.82 Å². The first-order valence-corrected chi connectivity index (χ1v) is 9.14. The second kappa shape index (κ2) is 5.21. The zero-order chi connectivity index (χ0) is 17.1. The number of piperidine rings is 1. The maximum atomic E-state index is 13.3. The maximum absolute atomic E-state index is 13.3. The summed E-state index contributed by atoms with van der Waals surface area (Å²) in [5.41, 5.74) is 1.07. The predicted octanol–water partition coefficient (Wildman–Crippen LogP) is 3.83. The Balaban J connectivity index is 1.55. The lowest BCUT2D eigenvalue weighted by atomic mass is 9.89. The molecule has 0 radical (unpaired) electrons. The van der Waals surface area contributed by atoms with E-state index in [0.29, 0.717) is 17.9 Å². The van der Waals surface area contributed by atoms with Gasteiger partial charge in [0.25, 0.3) is 0 Å². The van der Waals surface area contributed by atoms with E-state index in [1.165, 1.54) is 0 Å². The molecule has 3 fully saturated rings. The van der Waals surface area contributed by atoms with Gasteiger partial charge in [-0.15, -0.1) is 0 Å². The van der Waals surface area contributed by atoms with E-state index < -0.39 is 0 Å². The molecule has 1 saturated carbocycles. The summed E-state index contributed by atoms with van der Waals surface area (Å²) in [6.07, 6.45) is 4.18. The molecule has 4 rings (SSSR count). The third-order valence-corrected chi connectivity index (χ3v) is 6.35. The van der Waals surface area contributed by atoms with E-state index in [9.17, 15) is 9.18 Å². The summed E-state index contributed by atoms with van der Waals surface area (Å²) in [6.45, 7) is 8.36. The third-order valence-electron chi connectivity index (χ3n) is 6.35. The minimum atomic E-state index is -0.189. The van der Waals surface area contributed by atoms with Crippen LogP contribution in [0.5, 0.6) is 0 Å². The summed E-state index contributed by atoms with van der Waals surface area (Å²) in [4.78, 5) is 17.3. The first-order valence-electron chi connectivity index (χ1n) is 9.14. The van der Waals surface area contributed by atoms with Crippen molar-refractivity contribution in [3.05, 3.63) is 30.1 Å². The van der Waals surface area contributed by atoms with E-state index in [4.69, 9.17) is 0 Å². The van der Waals surface area contributed by atoms with E-state index in [-0.39, 0.29) is 16.8 Å². The molecule has 0 bridgehead atoms. The van der Waals surface area contributed by atoms with Crippen LogP contribution in [-0.4, -0.2) is 35.5 Å². The average molecular weight is 330 g/mol. The molecular weight excluding hydrogens is 303 g/mol. The maximum Gasteiger partial charge on any atom is 0.228 e. The Morgan fingerprint density at radius 1 is 1.17 bits per heavy atom. The van der Waals surface area contributed by atoms with Crippen molar-refractivity contribution in [3.8, 4) is 0 Å². The molecule has 2 atom stereocenters. The lowest BCUT2D eigenvalue weighted by Crippen LogP contribution is -2.51. The molecule has 24 heavy (non-hydrogen) atoms. The first kappa shape index (κ1) is 15.9. The molecule has 0 spiro atoms. The molecule has 0 unspecified atom stereocenters. The SMILES string of the molecule is CC1(C(=O)N2CC[C@H]3[C@@H](C2)CC(C)(C)N3c2ccc(F)cc2)CC1. The van der Waals surface area contributed by atoms with Gasteiger partial charge in [-0.3, -0.25) is 4.79 Å². The largest absolute Gasteiger partial charge is 0.363 e. The fraction of sp³-hybridized carbons (Fsp3) is 0.650. The Bertz CT molecular complexity index is 650. The van der Waals surface area contributed by atoms with Crippen LogP contribution in [-0.2, 0) is 4.79 Å². The predicted molar refractivity (Wildman–Crippen MR) is 93.4 cm³/mol. The van der Waals surface area contributed by atoms with Crippen molar-refractivity contribution in [1.82, 2.24) is 4.90 Å². The van der Waals surface area contributed by atoms with Gasteiger partial charge in [-0.05, 0) is 69.7 Å². The first-order chi connectivity index (χ1) is 11.3. The summed E-state index contributed by atoms with van der Waals surface area (Å²) < 4.78 is 13.3. The highest BCUT2D eigenvalue weighted by Crippen LogP contribution is 2.49. The minimum Gasteiger partial charge on any atom is -0.363 e. The lowest BCUT2D eigenvalue weighted by molar-refractivity contribution is -0.138. The Labute approximate surface area is 143 Å². The summed E-state index contributed by atoms with van der Waals surface area (Å²) in [5, 5.41) is 0. The number of amides is 1. The Hall–Kier alpha value is -1.58. The Kier molecular flexibility index (Phi) is 3.45. The molecule has 1 aliphatic carbocycles. The fourth-order valence-corrected chi connectivity index (χ4v) is 4.86. The van der Waals surface area contributed by atoms with Gasteiger partial charge in [0.2, 0.25) is 5.91 Å². The van der Waals surface area contributed by atoms with Crippen molar-refractivity contribution in [2.75, 3.05) is 18.0 Å². The van der Waals surface area contributed by atoms with Gasteiger partial charge in [-0.25, -0.2) is 4.39 Å². The highest BCUT2D eigenvalue weighted by molar-refractivity contribution is 5.85. The smallest absolute Gasteiger partial charge is 0.228 e. The molecule has 2 heterocycles. The number of carbonyl (C=O) groups is 1. The number of rotatable bonds is 2. The van der Waals surface area contributed by atoms with Gasteiger partial charge < -0.3 is 9.80 Å². The Morgan fingerprint density at radius 2 is 1.83 bits per heavy atom. The highest BCUT2D eigenvalue weighted by atomic mass is 19.1. The molecule has 1 aromatic rings. The number of halogens is 1. The van der Waals surface area contributed by atoms with E-state index in [1.807, 2.05) is 12.1 Å². The van der Waals surface area contributed by atoms with Gasteiger partial charge in [0, 0.05) is 35.8 Å². The van der Waals surface area contributed by atoms with Crippen molar-refractivity contribution < 1.29 is 9.18 Å². The van der Waals surface area contributed by atoms with Gasteiger partial charge in [-0.1, -0.05) is 6.92 Å². The van der Waals surface area contributed by atoms with Gasteiger partial charge >= 0.3 is 0 Å². The van der Waals surface area contributed by atoms with Crippen LogP contribution < -0.4 is 4.90 Å². The van der Waals surface area contributed by atoms with Crippen LogP contribution in [0.15, 0.2) is 24.3 Å². The zero-order valence-corrected chi connectivity index (χ0v) is 14.9. The normalized spacial score (nSPS) is 30.2. The fourth-order valence-electron chi connectivity index (χ4n) is 4.86. The van der Waals surface area contributed by atoms with Crippen molar-refractivity contribution in [2.24, 2.45) is 11.3 Å². The van der Waals surface area contributed by atoms with E-state index in [1.54, 1.807) is 12.1 Å². The van der Waals surface area contributed by atoms with Crippen molar-refractivity contribution in [2.45, 2.75) is 58.0 Å². The van der Waals surface area contributed by atoms with Crippen LogP contribution in [0.25, 0.3) is 0 Å². The second-order valence-corrected chi connectivity index (χ2v) is 8.79. The van der Waals surface area contributed by atoms with Gasteiger partial charge in [0.15, 0.2) is 0 Å². The number of carbonyl (C=O) groups excluding carboxylic acids is 1. The molecule has 3 aliphatic rings. The molecular formula is C20H27FN2O. The van der Waals surface area contributed by atoms with E-state index in [0.717, 1.165) is 44.5 Å². The monoisotopic (exact) mass is 330 g/mol. The molecule has 2 aliphatic heterocycles. The lowest BCUT2D eigenvalue weighted by Gasteiger charge is -2.42. The summed E-state index contributed by atoms with van der Waals surface area (Å²) in [5.74, 6) is 0.675. The molecule has 130 valence electrons. The standard InChI is InChI=1S/C20H27FN2O/c1-19(2)12-14-13-22(18(24)20(3)9-10-20)11-8-17(14)23(19)16-6-4-15(21)5-7-16/h4-7,14,17H,8-13H2,1-3H3/t14-,17+/m1/s1. The quantitative estimate of drug-likeness (QED) is 0.823. The van der Waals surface area contributed by atoms with Crippen LogP contribution in [0.3, 0.4) is 0 Å². The molecule has 2 saturated heterocycles. The number of hydrogen-bond donors (Lipinski definition) is 0. The second-order valence-electron chi connectivity index (χ2n) is 8.79. The Morgan fingerprint density at radius 3 is 2.46 bits per heavy atom. The van der Waals surface area contributed by atoms with Gasteiger partial charge in [0.05, 0.1) is 0 Å². The molecule has 0 aromatic heterocycles. The van der Waals surface area contributed by atoms with Crippen molar-refractivity contribution in [3.63, 3.8) is 0 Å². The van der Waals surface area contributed by atoms with Gasteiger partial charge in [-0.2, -0.15) is 0 Å². The van der Waals surface area contributed by atoms with Crippen LogP contribution in [0.4, 0.5) is 10.1 Å². The van der Waals surface area contributed by atoms with Crippen LogP contribution in [0, 0.1) is 17.2 Å². The van der Waals surface area contributed by atoms with Crippen LogP contribution in [0.1, 0.15) is 46.5 Å². The number of benzene rings is 1. The number of hydrogen-bond acceptors (Lipinski definition) is 2. The topological polar surface area (TPSA) is 23.6 Å². The zero-order valence-electron chi connectivity index (χ0n) is 14.9. The summed E-state index contributed by atoms with van der Waals surface area (Å²) in [6, 6.07) is 7.32. The van der Waals surface area contributed by atoms with Crippen molar-refractivity contribution in [1.29, 1.82) is 0 Å². The number of likely N-dealkylation sites (tertiary alicyclic amines) is 1. The number of anilines is 1. The highest BCUT2D eigenvalue weighted by Gasteiger charge is 2.52. The van der Waals surface area contributed by atoms with Crippen LogP contribution in [0.2, 0.25) is 0 Å². The van der Waals surface area contributed by atoms with Crippen molar-refractivity contribution >= 4 is 11.6 Å². The summed E-state index contributed by atoms with van der Waals surface area (Å²) >= 11 is 0. The average Bonchev–Trinajstić information content (AvgIpc) is 3.22. The molecule has 1 aromatic carbocycles. The van der Waals surface area contributed by atoms with E-state index in [2.05, 4.69) is 30.6 Å². The molecule has 4 heteroatoms. The number of fused-ring (bicyclic) bond motifs is 1. The third kappa shape index (κ3) is 2.51. The minimum absolute atomic E-state index is 0.0374. The molecule has 1 amide bonds. The number of nitrogens with zero attached hydrogens (tertiary/aromatic N) is 2. The summed E-state index contributed by atoms with van der Waals surface area (Å²) in [7, 11) is 0. The molecule has 0 N–H and O–H groups in total.